The Kier molecular flexibility index (Phi) is 5.03. The number of aliphatic hydroxyl groups excluding tert-OH is 1. The zero-order chi connectivity index (χ0) is 17.1. The van der Waals surface area contributed by atoms with E-state index in [4.69, 9.17) is 0 Å². The first-order valence-corrected chi connectivity index (χ1v) is 8.60. The molecule has 0 aliphatic heterocycles. The molecule has 0 bridgehead atoms. The maximum absolute atomic E-state index is 10.8. The van der Waals surface area contributed by atoms with Gasteiger partial charge in [-0.3, -0.25) is 0 Å². The second-order valence-corrected chi connectivity index (χ2v) is 6.64. The zero-order valence-corrected chi connectivity index (χ0v) is 14.6. The molecular weight excluding hydrogens is 296 g/mol. The Bertz CT molecular complexity index is 792. The molecule has 3 nitrogen and oxygen atoms in total. The molecule has 3 aromatic rings. The number of hydrogen-bond donors (Lipinski definition) is 2. The average Bonchev–Trinajstić information content (AvgIpc) is 2.96. The van der Waals surface area contributed by atoms with Gasteiger partial charge in [0.1, 0.15) is 0 Å². The molecule has 2 N–H and O–H groups in total. The van der Waals surface area contributed by atoms with Gasteiger partial charge in [0.2, 0.25) is 0 Å². The SMILES string of the molecule is CNC[C@@H](O)[C@H](c1ccccc1)n1cc(C(C)C)c2ccccc21. The Hall–Kier alpha value is -2.10. The fourth-order valence-corrected chi connectivity index (χ4v) is 3.46. The highest BCUT2D eigenvalue weighted by molar-refractivity contribution is 5.84. The largest absolute Gasteiger partial charge is 0.389 e. The molecule has 1 aromatic heterocycles. The van der Waals surface area contributed by atoms with Crippen molar-refractivity contribution >= 4 is 10.9 Å². The van der Waals surface area contributed by atoms with E-state index < -0.39 is 6.10 Å². The molecule has 3 rings (SSSR count). The molecule has 0 aliphatic carbocycles. The van der Waals surface area contributed by atoms with Crippen molar-refractivity contribution in [2.45, 2.75) is 31.9 Å². The summed E-state index contributed by atoms with van der Waals surface area (Å²) in [5.41, 5.74) is 3.62. The van der Waals surface area contributed by atoms with Crippen molar-refractivity contribution in [1.82, 2.24) is 9.88 Å². The van der Waals surface area contributed by atoms with E-state index in [0.717, 1.165) is 5.56 Å². The number of aliphatic hydroxyl groups is 1. The number of likely N-dealkylation sites (N-methyl/N-ethyl adjacent to an activating group) is 1. The van der Waals surface area contributed by atoms with Crippen LogP contribution < -0.4 is 5.32 Å². The van der Waals surface area contributed by atoms with E-state index in [0.29, 0.717) is 12.5 Å². The summed E-state index contributed by atoms with van der Waals surface area (Å²) in [5, 5.41) is 15.2. The number of benzene rings is 2. The van der Waals surface area contributed by atoms with Gasteiger partial charge < -0.3 is 15.0 Å². The average molecular weight is 322 g/mol. The highest BCUT2D eigenvalue weighted by Crippen LogP contribution is 2.33. The molecule has 3 heteroatoms. The quantitative estimate of drug-likeness (QED) is 0.721. The monoisotopic (exact) mass is 322 g/mol. The van der Waals surface area contributed by atoms with Crippen LogP contribution in [0.15, 0.2) is 60.8 Å². The van der Waals surface area contributed by atoms with Crippen LogP contribution in [0.1, 0.15) is 36.9 Å². The maximum Gasteiger partial charge on any atom is 0.0912 e. The second kappa shape index (κ2) is 7.20. The lowest BCUT2D eigenvalue weighted by atomic mass is 10.0. The van der Waals surface area contributed by atoms with Gasteiger partial charge in [-0.05, 0) is 30.2 Å². The smallest absolute Gasteiger partial charge is 0.0912 e. The number of para-hydroxylation sites is 1. The minimum atomic E-state index is -0.506. The van der Waals surface area contributed by atoms with Crippen LogP contribution in [0.3, 0.4) is 0 Å². The molecule has 0 saturated carbocycles. The molecule has 0 unspecified atom stereocenters. The maximum atomic E-state index is 10.8. The number of nitrogens with one attached hydrogen (secondary N) is 1. The number of fused-ring (bicyclic) bond motifs is 1. The van der Waals surface area contributed by atoms with E-state index in [-0.39, 0.29) is 6.04 Å². The van der Waals surface area contributed by atoms with Crippen molar-refractivity contribution in [2.24, 2.45) is 0 Å². The van der Waals surface area contributed by atoms with Gasteiger partial charge >= 0.3 is 0 Å². The summed E-state index contributed by atoms with van der Waals surface area (Å²) in [7, 11) is 1.87. The van der Waals surface area contributed by atoms with Crippen molar-refractivity contribution < 1.29 is 5.11 Å². The van der Waals surface area contributed by atoms with Crippen LogP contribution in [0.5, 0.6) is 0 Å². The van der Waals surface area contributed by atoms with Gasteiger partial charge in [-0.1, -0.05) is 62.4 Å². The molecule has 2 aromatic carbocycles. The van der Waals surface area contributed by atoms with Crippen LogP contribution in [-0.2, 0) is 0 Å². The summed E-state index contributed by atoms with van der Waals surface area (Å²) < 4.78 is 2.24. The lowest BCUT2D eigenvalue weighted by Gasteiger charge is -2.26. The van der Waals surface area contributed by atoms with Gasteiger partial charge in [-0.2, -0.15) is 0 Å². The summed E-state index contributed by atoms with van der Waals surface area (Å²) in [5.74, 6) is 0.439. The molecule has 0 radical (unpaired) electrons. The third-order valence-electron chi connectivity index (χ3n) is 4.61. The standard InChI is InChI=1S/C21H26N2O/c1-15(2)18-14-23(19-12-8-7-11-17(18)19)21(20(24)13-22-3)16-9-5-4-6-10-16/h4-12,14-15,20-22,24H,13H2,1-3H3/t20-,21+/m1/s1. The van der Waals surface area contributed by atoms with Crippen molar-refractivity contribution in [2.75, 3.05) is 13.6 Å². The van der Waals surface area contributed by atoms with Crippen molar-refractivity contribution in [3.8, 4) is 0 Å². The van der Waals surface area contributed by atoms with E-state index in [9.17, 15) is 5.11 Å². The molecular formula is C21H26N2O. The first-order valence-electron chi connectivity index (χ1n) is 8.60. The number of aromatic nitrogens is 1. The van der Waals surface area contributed by atoms with Crippen LogP contribution in [0, 0.1) is 0 Å². The molecule has 2 atom stereocenters. The normalized spacial score (nSPS) is 14.2. The molecule has 0 saturated heterocycles. The predicted octanol–water partition coefficient (Wildman–Crippen LogP) is 3.93. The molecule has 0 spiro atoms. The highest BCUT2D eigenvalue weighted by Gasteiger charge is 2.25. The summed E-state index contributed by atoms with van der Waals surface area (Å²) in [6, 6.07) is 18.6. The Morgan fingerprint density at radius 1 is 1.00 bits per heavy atom. The predicted molar refractivity (Wildman–Crippen MR) is 101 cm³/mol. The topological polar surface area (TPSA) is 37.2 Å². The van der Waals surface area contributed by atoms with Crippen molar-refractivity contribution in [1.29, 1.82) is 0 Å². The number of nitrogens with zero attached hydrogens (tertiary/aromatic N) is 1. The Morgan fingerprint density at radius 3 is 2.33 bits per heavy atom. The molecule has 24 heavy (non-hydrogen) atoms. The molecule has 126 valence electrons. The summed E-state index contributed by atoms with van der Waals surface area (Å²) in [6.07, 6.45) is 1.71. The third-order valence-corrected chi connectivity index (χ3v) is 4.61. The zero-order valence-electron chi connectivity index (χ0n) is 14.6. The first-order chi connectivity index (χ1) is 11.6. The number of hydrogen-bond acceptors (Lipinski definition) is 2. The van der Waals surface area contributed by atoms with Gasteiger partial charge in [0, 0.05) is 23.6 Å². The lowest BCUT2D eigenvalue weighted by molar-refractivity contribution is 0.132. The van der Waals surface area contributed by atoms with E-state index in [1.165, 1.54) is 16.5 Å². The van der Waals surface area contributed by atoms with Crippen LogP contribution in [0.25, 0.3) is 10.9 Å². The minimum Gasteiger partial charge on any atom is -0.389 e. The second-order valence-electron chi connectivity index (χ2n) is 6.64. The van der Waals surface area contributed by atoms with Crippen LogP contribution >= 0.6 is 0 Å². The van der Waals surface area contributed by atoms with E-state index in [2.05, 4.69) is 66.3 Å². The van der Waals surface area contributed by atoms with Gasteiger partial charge in [0.25, 0.3) is 0 Å². The molecule has 0 fully saturated rings. The highest BCUT2D eigenvalue weighted by atomic mass is 16.3. The summed E-state index contributed by atoms with van der Waals surface area (Å²) in [6.45, 7) is 4.98. The van der Waals surface area contributed by atoms with Gasteiger partial charge in [0.05, 0.1) is 12.1 Å². The fraction of sp³-hybridized carbons (Fsp3) is 0.333. The number of rotatable bonds is 6. The first kappa shape index (κ1) is 16.7. The summed E-state index contributed by atoms with van der Waals surface area (Å²) >= 11 is 0. The Balaban J connectivity index is 2.20. The van der Waals surface area contributed by atoms with Crippen molar-refractivity contribution in [3.63, 3.8) is 0 Å². The van der Waals surface area contributed by atoms with Crippen molar-refractivity contribution in [3.05, 3.63) is 71.9 Å². The van der Waals surface area contributed by atoms with Crippen LogP contribution in [0.2, 0.25) is 0 Å². The fourth-order valence-electron chi connectivity index (χ4n) is 3.46. The molecule has 0 aliphatic rings. The molecule has 1 heterocycles. The van der Waals surface area contributed by atoms with E-state index in [1.807, 2.05) is 25.2 Å². The third kappa shape index (κ3) is 3.10. The van der Waals surface area contributed by atoms with Crippen LogP contribution in [-0.4, -0.2) is 29.4 Å². The lowest BCUT2D eigenvalue weighted by Crippen LogP contribution is -2.33. The Morgan fingerprint density at radius 2 is 1.67 bits per heavy atom. The van der Waals surface area contributed by atoms with Gasteiger partial charge in [-0.15, -0.1) is 0 Å². The van der Waals surface area contributed by atoms with Crippen LogP contribution in [0.4, 0.5) is 0 Å². The Labute approximate surface area is 143 Å². The molecule has 0 amide bonds. The van der Waals surface area contributed by atoms with E-state index >= 15 is 0 Å². The summed E-state index contributed by atoms with van der Waals surface area (Å²) in [4.78, 5) is 0. The van der Waals surface area contributed by atoms with E-state index in [1.54, 1.807) is 0 Å². The van der Waals surface area contributed by atoms with Gasteiger partial charge in [-0.25, -0.2) is 0 Å². The van der Waals surface area contributed by atoms with Gasteiger partial charge in [0.15, 0.2) is 0 Å². The minimum absolute atomic E-state index is 0.115.